The lowest BCUT2D eigenvalue weighted by atomic mass is 10.3. The molecule has 1 aliphatic carbocycles. The molecule has 2 aromatic rings. The molecule has 172 valence electrons. The summed E-state index contributed by atoms with van der Waals surface area (Å²) in [5.41, 5.74) is 0.944. The zero-order valence-corrected chi connectivity index (χ0v) is 21.0. The van der Waals surface area contributed by atoms with Gasteiger partial charge in [-0.15, -0.1) is 34.2 Å². The van der Waals surface area contributed by atoms with Crippen LogP contribution < -0.4 is 15.4 Å². The molecule has 2 N–H and O–H groups in total. The zero-order chi connectivity index (χ0) is 21.2. The van der Waals surface area contributed by atoms with E-state index >= 15 is 0 Å². The number of hydrogen-bond acceptors (Lipinski definition) is 5. The van der Waals surface area contributed by atoms with Crippen molar-refractivity contribution in [3.8, 4) is 5.75 Å². The number of aryl methyl sites for hydroxylation is 1. The lowest BCUT2D eigenvalue weighted by molar-refractivity contribution is 0.123. The Labute approximate surface area is 202 Å². The molecule has 3 rings (SSSR count). The highest BCUT2D eigenvalue weighted by Crippen LogP contribution is 2.28. The van der Waals surface area contributed by atoms with Crippen LogP contribution in [0.25, 0.3) is 0 Å². The summed E-state index contributed by atoms with van der Waals surface area (Å²) in [4.78, 5) is 4.70. The van der Waals surface area contributed by atoms with Gasteiger partial charge in [-0.05, 0) is 70.2 Å². The average molecular weight is 542 g/mol. The van der Waals surface area contributed by atoms with Crippen molar-refractivity contribution in [1.82, 2.24) is 20.1 Å². The number of nitrogens with one attached hydrogen (secondary N) is 2. The zero-order valence-electron chi connectivity index (χ0n) is 18.7. The molecule has 0 radical (unpaired) electrons. The van der Waals surface area contributed by atoms with Crippen LogP contribution in [0.1, 0.15) is 45.9 Å². The van der Waals surface area contributed by atoms with Gasteiger partial charge in [0.2, 0.25) is 0 Å². The minimum Gasteiger partial charge on any atom is -0.491 e. The number of benzene rings is 1. The van der Waals surface area contributed by atoms with Gasteiger partial charge in [0.05, 0.1) is 6.10 Å². The minimum atomic E-state index is 0. The van der Waals surface area contributed by atoms with Gasteiger partial charge < -0.3 is 24.7 Å². The van der Waals surface area contributed by atoms with Crippen molar-refractivity contribution in [1.29, 1.82) is 0 Å². The maximum absolute atomic E-state index is 5.72. The Morgan fingerprint density at radius 3 is 2.71 bits per heavy atom. The smallest absolute Gasteiger partial charge is 0.196 e. The van der Waals surface area contributed by atoms with E-state index in [0.29, 0.717) is 12.5 Å². The summed E-state index contributed by atoms with van der Waals surface area (Å²) in [6.45, 7) is 9.83. The molecule has 8 nitrogen and oxygen atoms in total. The van der Waals surface area contributed by atoms with Gasteiger partial charge in [-0.3, -0.25) is 0 Å². The first kappa shape index (κ1) is 25.4. The summed E-state index contributed by atoms with van der Waals surface area (Å²) in [6.07, 6.45) is 5.46. The number of rotatable bonds is 12. The van der Waals surface area contributed by atoms with Gasteiger partial charge >= 0.3 is 0 Å². The van der Waals surface area contributed by atoms with Gasteiger partial charge in [0.15, 0.2) is 11.8 Å². The quantitative estimate of drug-likeness (QED) is 0.182. The van der Waals surface area contributed by atoms with Gasteiger partial charge in [0, 0.05) is 32.0 Å². The highest BCUT2D eigenvalue weighted by molar-refractivity contribution is 14.0. The van der Waals surface area contributed by atoms with E-state index in [9.17, 15) is 0 Å². The lowest BCUT2D eigenvalue weighted by Gasteiger charge is -2.14. The summed E-state index contributed by atoms with van der Waals surface area (Å²) in [7, 11) is 0. The molecule has 0 atom stereocenters. The molecule has 0 saturated heterocycles. The molecule has 0 amide bonds. The van der Waals surface area contributed by atoms with Crippen molar-refractivity contribution in [2.75, 3.05) is 25.1 Å². The summed E-state index contributed by atoms with van der Waals surface area (Å²) < 4.78 is 13.4. The summed E-state index contributed by atoms with van der Waals surface area (Å²) in [5, 5.41) is 14.9. The molecular weight excluding hydrogens is 507 g/mol. The third-order valence-electron chi connectivity index (χ3n) is 4.71. The SMILES string of the molecule is CCn1cnnc1CN=C(NCCCOCC1CC1)Nc1ccc(OC(C)C)cc1.I. The maximum atomic E-state index is 5.72. The van der Waals surface area contributed by atoms with Crippen molar-refractivity contribution >= 4 is 35.6 Å². The van der Waals surface area contributed by atoms with Crippen LogP contribution >= 0.6 is 24.0 Å². The Kier molecular flexibility index (Phi) is 11.1. The number of guanidine groups is 1. The fourth-order valence-corrected chi connectivity index (χ4v) is 2.90. The summed E-state index contributed by atoms with van der Waals surface area (Å²) >= 11 is 0. The highest BCUT2D eigenvalue weighted by atomic mass is 127. The Morgan fingerprint density at radius 1 is 1.26 bits per heavy atom. The fraction of sp³-hybridized carbons (Fsp3) is 0.591. The number of halogens is 1. The molecule has 0 spiro atoms. The molecule has 9 heteroatoms. The topological polar surface area (TPSA) is 85.6 Å². The second-order valence-electron chi connectivity index (χ2n) is 7.81. The van der Waals surface area contributed by atoms with E-state index in [1.165, 1.54) is 12.8 Å². The van der Waals surface area contributed by atoms with Gasteiger partial charge in [0.25, 0.3) is 0 Å². The highest BCUT2D eigenvalue weighted by Gasteiger charge is 2.20. The molecule has 1 saturated carbocycles. The Hall–Kier alpha value is -1.88. The molecule has 0 unspecified atom stereocenters. The van der Waals surface area contributed by atoms with Gasteiger partial charge in [-0.2, -0.15) is 0 Å². The number of ether oxygens (including phenoxy) is 2. The van der Waals surface area contributed by atoms with Crippen molar-refractivity contribution in [2.24, 2.45) is 10.9 Å². The molecule has 1 heterocycles. The van der Waals surface area contributed by atoms with Crippen LogP contribution in [0, 0.1) is 5.92 Å². The second kappa shape index (κ2) is 13.5. The summed E-state index contributed by atoms with van der Waals surface area (Å²) in [6, 6.07) is 7.89. The summed E-state index contributed by atoms with van der Waals surface area (Å²) in [5.74, 6) is 3.20. The minimum absolute atomic E-state index is 0. The molecule has 0 bridgehead atoms. The second-order valence-corrected chi connectivity index (χ2v) is 7.81. The normalized spacial score (nSPS) is 13.7. The van der Waals surface area contributed by atoms with Crippen molar-refractivity contribution < 1.29 is 9.47 Å². The molecule has 1 aromatic carbocycles. The van der Waals surface area contributed by atoms with Crippen molar-refractivity contribution in [2.45, 2.75) is 59.2 Å². The monoisotopic (exact) mass is 542 g/mol. The van der Waals surface area contributed by atoms with Crippen LogP contribution in [0.4, 0.5) is 5.69 Å². The average Bonchev–Trinajstić information content (AvgIpc) is 3.44. The third-order valence-corrected chi connectivity index (χ3v) is 4.71. The predicted octanol–water partition coefficient (Wildman–Crippen LogP) is 4.08. The van der Waals surface area contributed by atoms with E-state index in [2.05, 4.69) is 27.8 Å². The fourth-order valence-electron chi connectivity index (χ4n) is 2.90. The maximum Gasteiger partial charge on any atom is 0.196 e. The number of hydrogen-bond donors (Lipinski definition) is 2. The van der Waals surface area contributed by atoms with E-state index in [1.807, 2.05) is 42.7 Å². The molecule has 1 aliphatic rings. The van der Waals surface area contributed by atoms with E-state index < -0.39 is 0 Å². The van der Waals surface area contributed by atoms with Gasteiger partial charge in [-0.25, -0.2) is 4.99 Å². The number of aromatic nitrogens is 3. The molecule has 31 heavy (non-hydrogen) atoms. The van der Waals surface area contributed by atoms with E-state index in [-0.39, 0.29) is 30.1 Å². The van der Waals surface area contributed by atoms with Crippen molar-refractivity contribution in [3.05, 3.63) is 36.4 Å². The number of aliphatic imine (C=N–C) groups is 1. The third kappa shape index (κ3) is 9.42. The van der Waals surface area contributed by atoms with Crippen LogP contribution in [0.3, 0.4) is 0 Å². The van der Waals surface area contributed by atoms with Crippen LogP contribution in [0.15, 0.2) is 35.6 Å². The largest absolute Gasteiger partial charge is 0.491 e. The molecular formula is C22H35IN6O2. The first-order valence-electron chi connectivity index (χ1n) is 10.9. The van der Waals surface area contributed by atoms with Crippen LogP contribution in [0.5, 0.6) is 5.75 Å². The molecule has 0 aliphatic heterocycles. The first-order valence-corrected chi connectivity index (χ1v) is 10.9. The first-order chi connectivity index (χ1) is 14.6. The van der Waals surface area contributed by atoms with Gasteiger partial charge in [0.1, 0.15) is 18.6 Å². The standard InChI is InChI=1S/C22H34N6O2.HI/c1-4-28-16-25-27-21(28)14-24-22(23-12-5-13-29-15-18-6-7-18)26-19-8-10-20(11-9-19)30-17(2)3;/h8-11,16-18H,4-7,12-15H2,1-3H3,(H2,23,24,26);1H. The van der Waals surface area contributed by atoms with Crippen molar-refractivity contribution in [3.63, 3.8) is 0 Å². The van der Waals surface area contributed by atoms with Crippen LogP contribution in [0.2, 0.25) is 0 Å². The Bertz CT molecular complexity index is 790. The number of nitrogens with zero attached hydrogens (tertiary/aromatic N) is 4. The van der Waals surface area contributed by atoms with Crippen LogP contribution in [-0.4, -0.2) is 46.6 Å². The van der Waals surface area contributed by atoms with Gasteiger partial charge in [-0.1, -0.05) is 0 Å². The van der Waals surface area contributed by atoms with Crippen LogP contribution in [-0.2, 0) is 17.8 Å². The number of anilines is 1. The molecule has 1 aromatic heterocycles. The van der Waals surface area contributed by atoms with E-state index in [1.54, 1.807) is 6.33 Å². The Balaban J connectivity index is 0.00000341. The van der Waals surface area contributed by atoms with E-state index in [0.717, 1.165) is 55.9 Å². The Morgan fingerprint density at radius 2 is 2.03 bits per heavy atom. The van der Waals surface area contributed by atoms with E-state index in [4.69, 9.17) is 14.5 Å². The lowest BCUT2D eigenvalue weighted by Crippen LogP contribution is -2.32. The predicted molar refractivity (Wildman–Crippen MR) is 134 cm³/mol. The molecule has 1 fully saturated rings.